The highest BCUT2D eigenvalue weighted by Gasteiger charge is 2.09. The molecule has 1 aromatic rings. The molecule has 1 aromatic carbocycles. The highest BCUT2D eigenvalue weighted by atomic mass is 35.5. The van der Waals surface area contributed by atoms with Crippen molar-refractivity contribution >= 4 is 29.1 Å². The first kappa shape index (κ1) is 11.3. The van der Waals surface area contributed by atoms with Crippen LogP contribution in [0.5, 0.6) is 5.75 Å². The molecule has 80 valence electrons. The van der Waals surface area contributed by atoms with E-state index in [-0.39, 0.29) is 0 Å². The average molecular weight is 229 g/mol. The second-order valence-corrected chi connectivity index (χ2v) is 3.07. The predicted molar refractivity (Wildman–Crippen MR) is 55.8 cm³/mol. The van der Waals surface area contributed by atoms with Crippen LogP contribution < -0.4 is 15.8 Å². The van der Waals surface area contributed by atoms with Gasteiger partial charge >= 0.3 is 11.8 Å². The minimum Gasteiger partial charge on any atom is -0.495 e. The minimum absolute atomic E-state index is 0.333. The molecular formula is C9H9ClN2O3. The molecule has 5 nitrogen and oxygen atoms in total. The standard InChI is InChI=1S/C9H9ClN2O3/c1-15-7-3-2-5(4-6(7)10)12-9(14)8(11)13/h2-4H,1H3,(H2,11,13)(H,12,14). The Morgan fingerprint density at radius 2 is 2.13 bits per heavy atom. The van der Waals surface area contributed by atoms with E-state index in [4.69, 9.17) is 22.1 Å². The van der Waals surface area contributed by atoms with Gasteiger partial charge < -0.3 is 15.8 Å². The molecule has 1 rings (SSSR count). The van der Waals surface area contributed by atoms with Crippen LogP contribution in [0.2, 0.25) is 5.02 Å². The van der Waals surface area contributed by atoms with Gasteiger partial charge in [0.1, 0.15) is 5.75 Å². The Hall–Kier alpha value is -1.75. The fourth-order valence-electron chi connectivity index (χ4n) is 0.937. The second kappa shape index (κ2) is 4.65. The Bertz CT molecular complexity index is 406. The van der Waals surface area contributed by atoms with Crippen molar-refractivity contribution in [2.75, 3.05) is 12.4 Å². The highest BCUT2D eigenvalue weighted by molar-refractivity contribution is 6.39. The molecule has 0 fully saturated rings. The second-order valence-electron chi connectivity index (χ2n) is 2.67. The van der Waals surface area contributed by atoms with Gasteiger partial charge in [0, 0.05) is 5.69 Å². The van der Waals surface area contributed by atoms with Gasteiger partial charge in [0.25, 0.3) is 0 Å². The van der Waals surface area contributed by atoms with Crippen molar-refractivity contribution < 1.29 is 14.3 Å². The zero-order valence-electron chi connectivity index (χ0n) is 7.91. The number of halogens is 1. The molecule has 0 aromatic heterocycles. The zero-order valence-corrected chi connectivity index (χ0v) is 8.67. The topological polar surface area (TPSA) is 81.4 Å². The van der Waals surface area contributed by atoms with E-state index >= 15 is 0 Å². The quantitative estimate of drug-likeness (QED) is 0.734. The number of nitrogens with two attached hydrogens (primary N) is 1. The van der Waals surface area contributed by atoms with Gasteiger partial charge in [-0.05, 0) is 18.2 Å². The van der Waals surface area contributed by atoms with Crippen LogP contribution in [0.3, 0.4) is 0 Å². The molecular weight excluding hydrogens is 220 g/mol. The lowest BCUT2D eigenvalue weighted by molar-refractivity contribution is -0.134. The van der Waals surface area contributed by atoms with Crippen molar-refractivity contribution in [1.29, 1.82) is 0 Å². The highest BCUT2D eigenvalue weighted by Crippen LogP contribution is 2.26. The first-order chi connectivity index (χ1) is 7.04. The largest absolute Gasteiger partial charge is 0.495 e. The van der Waals surface area contributed by atoms with Gasteiger partial charge in [0.15, 0.2) is 0 Å². The summed E-state index contributed by atoms with van der Waals surface area (Å²) in [6.45, 7) is 0. The number of methoxy groups -OCH3 is 1. The summed E-state index contributed by atoms with van der Waals surface area (Å²) in [5.74, 6) is -1.47. The smallest absolute Gasteiger partial charge is 0.313 e. The predicted octanol–water partition coefficient (Wildman–Crippen LogP) is 0.772. The summed E-state index contributed by atoms with van der Waals surface area (Å²) in [4.78, 5) is 21.4. The Morgan fingerprint density at radius 1 is 1.47 bits per heavy atom. The molecule has 0 atom stereocenters. The van der Waals surface area contributed by atoms with E-state index in [1.54, 1.807) is 12.1 Å². The van der Waals surface area contributed by atoms with Crippen LogP contribution in [0.1, 0.15) is 0 Å². The van der Waals surface area contributed by atoms with Crippen LogP contribution in [0.4, 0.5) is 5.69 Å². The van der Waals surface area contributed by atoms with Crippen molar-refractivity contribution in [1.82, 2.24) is 0 Å². The molecule has 2 amide bonds. The number of carbonyl (C=O) groups excluding carboxylic acids is 2. The van der Waals surface area contributed by atoms with Gasteiger partial charge in [0.05, 0.1) is 12.1 Å². The van der Waals surface area contributed by atoms with Crippen LogP contribution in [0, 0.1) is 0 Å². The lowest BCUT2D eigenvalue weighted by atomic mass is 10.3. The molecule has 3 N–H and O–H groups in total. The summed E-state index contributed by atoms with van der Waals surface area (Å²) < 4.78 is 4.92. The van der Waals surface area contributed by atoms with Crippen molar-refractivity contribution in [3.05, 3.63) is 23.2 Å². The van der Waals surface area contributed by atoms with E-state index in [9.17, 15) is 9.59 Å². The summed E-state index contributed by atoms with van der Waals surface area (Å²) in [7, 11) is 1.48. The Labute approximate surface area is 91.2 Å². The van der Waals surface area contributed by atoms with Gasteiger partial charge in [0.2, 0.25) is 0 Å². The van der Waals surface area contributed by atoms with Crippen LogP contribution in [-0.4, -0.2) is 18.9 Å². The monoisotopic (exact) mass is 228 g/mol. The van der Waals surface area contributed by atoms with E-state index in [0.29, 0.717) is 16.5 Å². The fraction of sp³-hybridized carbons (Fsp3) is 0.111. The average Bonchev–Trinajstić information content (AvgIpc) is 2.18. The third kappa shape index (κ3) is 2.85. The number of amides is 2. The summed E-state index contributed by atoms with van der Waals surface area (Å²) in [5, 5.41) is 2.61. The van der Waals surface area contributed by atoms with Gasteiger partial charge in [-0.2, -0.15) is 0 Å². The molecule has 0 heterocycles. The first-order valence-electron chi connectivity index (χ1n) is 3.99. The molecule has 0 unspecified atom stereocenters. The van der Waals surface area contributed by atoms with Gasteiger partial charge in [-0.25, -0.2) is 0 Å². The van der Waals surface area contributed by atoms with E-state index in [1.807, 2.05) is 0 Å². The maximum Gasteiger partial charge on any atom is 0.313 e. The molecule has 0 aliphatic rings. The molecule has 0 saturated carbocycles. The summed E-state index contributed by atoms with van der Waals surface area (Å²) in [5.41, 5.74) is 5.15. The number of benzene rings is 1. The molecule has 0 radical (unpaired) electrons. The van der Waals surface area contributed by atoms with E-state index in [1.165, 1.54) is 13.2 Å². The number of carbonyl (C=O) groups is 2. The number of rotatable bonds is 2. The molecule has 0 bridgehead atoms. The lowest BCUT2D eigenvalue weighted by Crippen LogP contribution is -2.29. The van der Waals surface area contributed by atoms with Crippen LogP contribution in [0.15, 0.2) is 18.2 Å². The Balaban J connectivity index is 2.84. The Morgan fingerprint density at radius 3 is 2.60 bits per heavy atom. The van der Waals surface area contributed by atoms with Crippen LogP contribution in [-0.2, 0) is 9.59 Å². The van der Waals surface area contributed by atoms with Crippen molar-refractivity contribution in [3.63, 3.8) is 0 Å². The summed E-state index contributed by atoms with van der Waals surface area (Å²) in [6.07, 6.45) is 0. The third-order valence-corrected chi connectivity index (χ3v) is 1.93. The number of hydrogen-bond donors (Lipinski definition) is 2. The Kier molecular flexibility index (Phi) is 3.51. The van der Waals surface area contributed by atoms with Gasteiger partial charge in [-0.15, -0.1) is 0 Å². The minimum atomic E-state index is -1.05. The fourth-order valence-corrected chi connectivity index (χ4v) is 1.19. The third-order valence-electron chi connectivity index (χ3n) is 1.63. The van der Waals surface area contributed by atoms with Crippen molar-refractivity contribution in [2.45, 2.75) is 0 Å². The van der Waals surface area contributed by atoms with E-state index < -0.39 is 11.8 Å². The van der Waals surface area contributed by atoms with Crippen molar-refractivity contribution in [2.24, 2.45) is 5.73 Å². The maximum absolute atomic E-state index is 10.9. The van der Waals surface area contributed by atoms with Gasteiger partial charge in [-0.3, -0.25) is 9.59 Å². The lowest BCUT2D eigenvalue weighted by Gasteiger charge is -2.06. The van der Waals surface area contributed by atoms with Crippen LogP contribution in [0.25, 0.3) is 0 Å². The first-order valence-corrected chi connectivity index (χ1v) is 4.36. The van der Waals surface area contributed by atoms with Crippen molar-refractivity contribution in [3.8, 4) is 5.75 Å². The number of nitrogens with one attached hydrogen (secondary N) is 1. The normalized spacial score (nSPS) is 9.47. The van der Waals surface area contributed by atoms with Crippen LogP contribution >= 0.6 is 11.6 Å². The molecule has 0 aliphatic carbocycles. The molecule has 0 saturated heterocycles. The number of ether oxygens (including phenoxy) is 1. The summed E-state index contributed by atoms with van der Waals surface area (Å²) >= 11 is 5.80. The number of primary amides is 1. The zero-order chi connectivity index (χ0) is 11.4. The molecule has 15 heavy (non-hydrogen) atoms. The SMILES string of the molecule is COc1ccc(NC(=O)C(N)=O)cc1Cl. The van der Waals surface area contributed by atoms with E-state index in [2.05, 4.69) is 5.32 Å². The number of anilines is 1. The van der Waals surface area contributed by atoms with E-state index in [0.717, 1.165) is 0 Å². The molecule has 0 aliphatic heterocycles. The molecule has 6 heteroatoms. The van der Waals surface area contributed by atoms with Gasteiger partial charge in [-0.1, -0.05) is 11.6 Å². The maximum atomic E-state index is 10.9. The molecule has 0 spiro atoms. The summed E-state index contributed by atoms with van der Waals surface area (Å²) in [6, 6.07) is 4.58. The number of hydrogen-bond acceptors (Lipinski definition) is 3.